The third-order valence-corrected chi connectivity index (χ3v) is 7.99. The maximum atomic E-state index is 12.8. The lowest BCUT2D eigenvalue weighted by Gasteiger charge is -2.17. The number of sulfone groups is 1. The van der Waals surface area contributed by atoms with Crippen LogP contribution in [0, 0.1) is 0 Å². The van der Waals surface area contributed by atoms with Gasteiger partial charge in [-0.2, -0.15) is 0 Å². The lowest BCUT2D eigenvalue weighted by Crippen LogP contribution is -2.31. The summed E-state index contributed by atoms with van der Waals surface area (Å²) in [5.41, 5.74) is 1.67. The van der Waals surface area contributed by atoms with Crippen LogP contribution in [0.4, 0.5) is 0 Å². The van der Waals surface area contributed by atoms with Crippen LogP contribution in [0.25, 0.3) is 10.4 Å². The third kappa shape index (κ3) is 3.55. The van der Waals surface area contributed by atoms with Crippen molar-refractivity contribution in [2.24, 2.45) is 0 Å². The summed E-state index contributed by atoms with van der Waals surface area (Å²) in [6.07, 6.45) is 0.468. The first kappa shape index (κ1) is 17.9. The molecule has 1 amide bonds. The van der Waals surface area contributed by atoms with Gasteiger partial charge in [0.15, 0.2) is 9.84 Å². The number of hydrogen-bond donors (Lipinski definition) is 0. The van der Waals surface area contributed by atoms with Crippen LogP contribution in [0.3, 0.4) is 0 Å². The number of benzene rings is 2. The quantitative estimate of drug-likeness (QED) is 0.666. The highest BCUT2D eigenvalue weighted by molar-refractivity contribution is 7.92. The van der Waals surface area contributed by atoms with E-state index in [0.29, 0.717) is 23.4 Å². The van der Waals surface area contributed by atoms with E-state index in [1.807, 2.05) is 41.8 Å². The zero-order valence-electron chi connectivity index (χ0n) is 14.6. The molecule has 6 heteroatoms. The Labute approximate surface area is 163 Å². The number of nitrogens with zero attached hydrogens (tertiary/aromatic N) is 1. The van der Waals surface area contributed by atoms with Gasteiger partial charge in [0.1, 0.15) is 0 Å². The average molecular weight is 398 g/mol. The summed E-state index contributed by atoms with van der Waals surface area (Å²) in [5, 5.41) is 1.47. The van der Waals surface area contributed by atoms with Crippen molar-refractivity contribution in [2.45, 2.75) is 16.6 Å². The van der Waals surface area contributed by atoms with Crippen molar-refractivity contribution in [2.75, 3.05) is 13.1 Å². The molecule has 0 aliphatic carbocycles. The summed E-state index contributed by atoms with van der Waals surface area (Å²) in [7, 11) is -3.42. The molecule has 0 radical (unpaired) electrons. The van der Waals surface area contributed by atoms with Gasteiger partial charge >= 0.3 is 0 Å². The van der Waals surface area contributed by atoms with Gasteiger partial charge in [0, 0.05) is 23.5 Å². The SMILES string of the molecule is O=C(c1ccc(-c2cccs2)cc1)N1CCC(S(=O)(=O)c2ccccc2)C1. The topological polar surface area (TPSA) is 54.5 Å². The first-order valence-electron chi connectivity index (χ1n) is 8.78. The van der Waals surface area contributed by atoms with Crippen LogP contribution in [0.15, 0.2) is 77.0 Å². The Morgan fingerprint density at radius 1 is 0.963 bits per heavy atom. The highest BCUT2D eigenvalue weighted by Crippen LogP contribution is 2.27. The maximum absolute atomic E-state index is 12.8. The van der Waals surface area contributed by atoms with Crippen LogP contribution < -0.4 is 0 Å². The molecule has 2 heterocycles. The van der Waals surface area contributed by atoms with E-state index in [-0.39, 0.29) is 12.5 Å². The van der Waals surface area contributed by atoms with E-state index >= 15 is 0 Å². The van der Waals surface area contributed by atoms with Crippen LogP contribution in [-0.2, 0) is 9.84 Å². The second kappa shape index (κ2) is 7.29. The molecule has 138 valence electrons. The van der Waals surface area contributed by atoms with Crippen molar-refractivity contribution in [1.29, 1.82) is 0 Å². The summed E-state index contributed by atoms with van der Waals surface area (Å²) in [6.45, 7) is 0.699. The van der Waals surface area contributed by atoms with E-state index in [1.54, 1.807) is 46.6 Å². The van der Waals surface area contributed by atoms with Gasteiger partial charge in [0.2, 0.25) is 0 Å². The van der Waals surface area contributed by atoms with Gasteiger partial charge in [-0.1, -0.05) is 36.4 Å². The van der Waals surface area contributed by atoms with Gasteiger partial charge in [0.05, 0.1) is 10.1 Å². The van der Waals surface area contributed by atoms with E-state index in [1.165, 1.54) is 0 Å². The summed E-state index contributed by atoms with van der Waals surface area (Å²) in [4.78, 5) is 15.9. The fourth-order valence-electron chi connectivity index (χ4n) is 3.37. The van der Waals surface area contributed by atoms with Crippen molar-refractivity contribution >= 4 is 27.1 Å². The molecule has 1 atom stereocenters. The molecule has 1 unspecified atom stereocenters. The van der Waals surface area contributed by atoms with Crippen molar-refractivity contribution in [3.63, 3.8) is 0 Å². The summed E-state index contributed by atoms with van der Waals surface area (Å²) >= 11 is 1.65. The Morgan fingerprint density at radius 3 is 2.37 bits per heavy atom. The van der Waals surface area contributed by atoms with Gasteiger partial charge in [-0.3, -0.25) is 4.79 Å². The van der Waals surface area contributed by atoms with Crippen molar-refractivity contribution in [1.82, 2.24) is 4.90 Å². The smallest absolute Gasteiger partial charge is 0.253 e. The number of amides is 1. The molecule has 0 spiro atoms. The second-order valence-electron chi connectivity index (χ2n) is 6.57. The monoisotopic (exact) mass is 397 g/mol. The lowest BCUT2D eigenvalue weighted by molar-refractivity contribution is 0.0793. The normalized spacial score (nSPS) is 17.2. The van der Waals surface area contributed by atoms with Gasteiger partial charge in [0.25, 0.3) is 5.91 Å². The minimum Gasteiger partial charge on any atom is -0.337 e. The molecule has 3 aromatic rings. The van der Waals surface area contributed by atoms with Crippen LogP contribution in [0.5, 0.6) is 0 Å². The number of carbonyl (C=O) groups is 1. The van der Waals surface area contributed by atoms with Crippen LogP contribution in [-0.4, -0.2) is 37.6 Å². The van der Waals surface area contributed by atoms with Gasteiger partial charge in [-0.15, -0.1) is 11.3 Å². The average Bonchev–Trinajstić information content (AvgIpc) is 3.41. The van der Waals surface area contributed by atoms with Gasteiger partial charge < -0.3 is 4.90 Å². The molecule has 1 aliphatic heterocycles. The number of thiophene rings is 1. The first-order valence-corrected chi connectivity index (χ1v) is 11.2. The van der Waals surface area contributed by atoms with E-state index in [0.717, 1.165) is 10.4 Å². The third-order valence-electron chi connectivity index (χ3n) is 4.88. The van der Waals surface area contributed by atoms with E-state index in [9.17, 15) is 13.2 Å². The Hall–Kier alpha value is -2.44. The lowest BCUT2D eigenvalue weighted by atomic mass is 10.1. The molecule has 27 heavy (non-hydrogen) atoms. The van der Waals surface area contributed by atoms with E-state index in [2.05, 4.69) is 0 Å². The van der Waals surface area contributed by atoms with Gasteiger partial charge in [-0.05, 0) is 47.7 Å². The van der Waals surface area contributed by atoms with Crippen LogP contribution in [0.1, 0.15) is 16.8 Å². The fraction of sp³-hybridized carbons (Fsp3) is 0.190. The Balaban J connectivity index is 1.48. The fourth-order valence-corrected chi connectivity index (χ4v) is 5.82. The predicted molar refractivity (Wildman–Crippen MR) is 108 cm³/mol. The van der Waals surface area contributed by atoms with E-state index < -0.39 is 15.1 Å². The zero-order valence-corrected chi connectivity index (χ0v) is 16.2. The Kier molecular flexibility index (Phi) is 4.85. The standard InChI is InChI=1S/C21H19NO3S2/c23-21(17-10-8-16(9-11-17)20-7-4-14-26-20)22-13-12-19(15-22)27(24,25)18-5-2-1-3-6-18/h1-11,14,19H,12-13,15H2. The number of rotatable bonds is 4. The second-order valence-corrected chi connectivity index (χ2v) is 9.75. The maximum Gasteiger partial charge on any atom is 0.253 e. The molecule has 0 N–H and O–H groups in total. The van der Waals surface area contributed by atoms with Gasteiger partial charge in [-0.25, -0.2) is 8.42 Å². The summed E-state index contributed by atoms with van der Waals surface area (Å²) < 4.78 is 25.6. The first-order chi connectivity index (χ1) is 13.1. The molecule has 0 bridgehead atoms. The molecule has 2 aromatic carbocycles. The van der Waals surface area contributed by atoms with Crippen LogP contribution in [0.2, 0.25) is 0 Å². The molecule has 1 aliphatic rings. The highest BCUT2D eigenvalue weighted by Gasteiger charge is 2.36. The van der Waals surface area contributed by atoms with Crippen molar-refractivity contribution < 1.29 is 13.2 Å². The number of likely N-dealkylation sites (tertiary alicyclic amines) is 1. The zero-order chi connectivity index (χ0) is 18.9. The Bertz CT molecular complexity index is 1030. The van der Waals surface area contributed by atoms with Crippen LogP contribution >= 0.6 is 11.3 Å². The highest BCUT2D eigenvalue weighted by atomic mass is 32.2. The minimum absolute atomic E-state index is 0.113. The summed E-state index contributed by atoms with van der Waals surface area (Å²) in [6, 6.07) is 20.0. The molecular weight excluding hydrogens is 378 g/mol. The predicted octanol–water partition coefficient (Wildman–Crippen LogP) is 4.10. The summed E-state index contributed by atoms with van der Waals surface area (Å²) in [5.74, 6) is -0.113. The molecule has 4 rings (SSSR count). The van der Waals surface area contributed by atoms with E-state index in [4.69, 9.17) is 0 Å². The molecule has 0 saturated carbocycles. The molecule has 4 nitrogen and oxygen atoms in total. The van der Waals surface area contributed by atoms with Crippen molar-refractivity contribution in [3.05, 3.63) is 77.7 Å². The molecular formula is C21H19NO3S2. The van der Waals surface area contributed by atoms with Crippen molar-refractivity contribution in [3.8, 4) is 10.4 Å². The Morgan fingerprint density at radius 2 is 1.70 bits per heavy atom. The molecule has 1 aromatic heterocycles. The number of carbonyl (C=O) groups excluding carboxylic acids is 1. The minimum atomic E-state index is -3.42. The largest absolute Gasteiger partial charge is 0.337 e. The molecule has 1 saturated heterocycles. The number of hydrogen-bond acceptors (Lipinski definition) is 4. The molecule has 1 fully saturated rings.